The van der Waals surface area contributed by atoms with Gasteiger partial charge in [-0.15, -0.1) is 0 Å². The van der Waals surface area contributed by atoms with Crippen LogP contribution in [-0.2, 0) is 0 Å². The third-order valence-corrected chi connectivity index (χ3v) is 3.73. The summed E-state index contributed by atoms with van der Waals surface area (Å²) in [5.41, 5.74) is 0. The zero-order valence-electron chi connectivity index (χ0n) is 9.87. The van der Waals surface area contributed by atoms with Crippen LogP contribution in [-0.4, -0.2) is 35.2 Å². The van der Waals surface area contributed by atoms with E-state index in [2.05, 4.69) is 18.7 Å². The summed E-state index contributed by atoms with van der Waals surface area (Å²) >= 11 is 0. The van der Waals surface area contributed by atoms with Crippen LogP contribution in [0.1, 0.15) is 46.5 Å². The Balaban J connectivity index is 2.41. The zero-order valence-corrected chi connectivity index (χ0v) is 9.87. The fourth-order valence-corrected chi connectivity index (χ4v) is 2.31. The molecule has 2 heteroatoms. The largest absolute Gasteiger partial charge is 0.392 e. The first-order valence-corrected chi connectivity index (χ1v) is 6.07. The van der Waals surface area contributed by atoms with Gasteiger partial charge in [-0.2, -0.15) is 0 Å². The fourth-order valence-electron chi connectivity index (χ4n) is 2.31. The molecule has 84 valence electrons. The van der Waals surface area contributed by atoms with Crippen molar-refractivity contribution in [1.29, 1.82) is 0 Å². The van der Waals surface area contributed by atoms with Crippen LogP contribution in [0.25, 0.3) is 0 Å². The number of aliphatic hydroxyl groups excluding tert-OH is 1. The summed E-state index contributed by atoms with van der Waals surface area (Å²) in [6.07, 6.45) is 5.10. The Morgan fingerprint density at radius 3 is 2.57 bits per heavy atom. The lowest BCUT2D eigenvalue weighted by Crippen LogP contribution is -2.40. The Labute approximate surface area is 88.3 Å². The lowest BCUT2D eigenvalue weighted by molar-refractivity contribution is 0.0722. The SMILES string of the molecule is CCC1CCCN(C(C)C(C)O)CC1. The van der Waals surface area contributed by atoms with Crippen molar-refractivity contribution in [2.75, 3.05) is 13.1 Å². The minimum atomic E-state index is -0.201. The van der Waals surface area contributed by atoms with Crippen molar-refractivity contribution in [2.24, 2.45) is 5.92 Å². The van der Waals surface area contributed by atoms with Gasteiger partial charge in [0.1, 0.15) is 0 Å². The van der Waals surface area contributed by atoms with E-state index in [-0.39, 0.29) is 6.10 Å². The Morgan fingerprint density at radius 1 is 1.29 bits per heavy atom. The monoisotopic (exact) mass is 199 g/mol. The molecule has 0 aromatic rings. The van der Waals surface area contributed by atoms with Gasteiger partial charge in [0.05, 0.1) is 6.10 Å². The first-order chi connectivity index (χ1) is 6.65. The normalized spacial score (nSPS) is 29.6. The molecule has 0 aromatic heterocycles. The van der Waals surface area contributed by atoms with E-state index in [1.807, 2.05) is 6.92 Å². The van der Waals surface area contributed by atoms with Crippen LogP contribution in [0.3, 0.4) is 0 Å². The van der Waals surface area contributed by atoms with Gasteiger partial charge in [0.2, 0.25) is 0 Å². The van der Waals surface area contributed by atoms with Crippen LogP contribution >= 0.6 is 0 Å². The first-order valence-electron chi connectivity index (χ1n) is 6.07. The van der Waals surface area contributed by atoms with E-state index < -0.39 is 0 Å². The first kappa shape index (κ1) is 12.0. The standard InChI is InChI=1S/C12H25NO/c1-4-12-6-5-8-13(9-7-12)10(2)11(3)14/h10-12,14H,4-9H2,1-3H3. The van der Waals surface area contributed by atoms with Gasteiger partial charge < -0.3 is 5.11 Å². The molecule has 1 aliphatic rings. The number of hydrogen-bond acceptors (Lipinski definition) is 2. The van der Waals surface area contributed by atoms with Gasteiger partial charge in [-0.25, -0.2) is 0 Å². The van der Waals surface area contributed by atoms with Crippen LogP contribution in [0, 0.1) is 5.92 Å². The number of aliphatic hydroxyl groups is 1. The van der Waals surface area contributed by atoms with Crippen LogP contribution in [0.5, 0.6) is 0 Å². The average molecular weight is 199 g/mol. The molecule has 2 nitrogen and oxygen atoms in total. The molecule has 0 saturated carbocycles. The van der Waals surface area contributed by atoms with Gasteiger partial charge in [0.25, 0.3) is 0 Å². The highest BCUT2D eigenvalue weighted by Gasteiger charge is 2.21. The third kappa shape index (κ3) is 3.25. The summed E-state index contributed by atoms with van der Waals surface area (Å²) in [6, 6.07) is 0.325. The second kappa shape index (κ2) is 5.72. The topological polar surface area (TPSA) is 23.5 Å². The molecular weight excluding hydrogens is 174 g/mol. The molecule has 0 aromatic carbocycles. The van der Waals surface area contributed by atoms with Crippen molar-refractivity contribution in [3.8, 4) is 0 Å². The number of hydrogen-bond donors (Lipinski definition) is 1. The number of likely N-dealkylation sites (tertiary alicyclic amines) is 1. The van der Waals surface area contributed by atoms with Crippen molar-refractivity contribution in [2.45, 2.75) is 58.6 Å². The van der Waals surface area contributed by atoms with Crippen molar-refractivity contribution < 1.29 is 5.11 Å². The zero-order chi connectivity index (χ0) is 10.6. The minimum absolute atomic E-state index is 0.201. The molecule has 1 rings (SSSR count). The predicted molar refractivity (Wildman–Crippen MR) is 60.3 cm³/mol. The number of rotatable bonds is 3. The quantitative estimate of drug-likeness (QED) is 0.753. The van der Waals surface area contributed by atoms with Crippen LogP contribution in [0.15, 0.2) is 0 Å². The predicted octanol–water partition coefficient (Wildman–Crippen LogP) is 2.27. The van der Waals surface area contributed by atoms with Crippen LogP contribution in [0.4, 0.5) is 0 Å². The van der Waals surface area contributed by atoms with Gasteiger partial charge in [0.15, 0.2) is 0 Å². The molecule has 0 aliphatic carbocycles. The van der Waals surface area contributed by atoms with Crippen molar-refractivity contribution in [3.05, 3.63) is 0 Å². The summed E-state index contributed by atoms with van der Waals surface area (Å²) < 4.78 is 0. The van der Waals surface area contributed by atoms with E-state index in [0.29, 0.717) is 6.04 Å². The molecule has 1 aliphatic heterocycles. The summed E-state index contributed by atoms with van der Waals surface area (Å²) in [5.74, 6) is 0.918. The van der Waals surface area contributed by atoms with Gasteiger partial charge in [-0.05, 0) is 52.1 Å². The summed E-state index contributed by atoms with van der Waals surface area (Å²) in [6.45, 7) is 8.66. The molecule has 0 bridgehead atoms. The fraction of sp³-hybridized carbons (Fsp3) is 1.00. The second-order valence-electron chi connectivity index (χ2n) is 4.72. The smallest absolute Gasteiger partial charge is 0.0664 e. The lowest BCUT2D eigenvalue weighted by Gasteiger charge is -2.29. The molecule has 0 radical (unpaired) electrons. The van der Waals surface area contributed by atoms with Crippen molar-refractivity contribution in [1.82, 2.24) is 4.90 Å². The molecule has 1 saturated heterocycles. The maximum atomic E-state index is 9.55. The van der Waals surface area contributed by atoms with E-state index in [1.54, 1.807) is 0 Å². The molecule has 0 amide bonds. The minimum Gasteiger partial charge on any atom is -0.392 e. The number of nitrogens with zero attached hydrogens (tertiary/aromatic N) is 1. The highest BCUT2D eigenvalue weighted by Crippen LogP contribution is 2.21. The molecule has 1 heterocycles. The molecule has 1 fully saturated rings. The highest BCUT2D eigenvalue weighted by atomic mass is 16.3. The molecule has 1 N–H and O–H groups in total. The average Bonchev–Trinajstić information content (AvgIpc) is 2.41. The van der Waals surface area contributed by atoms with E-state index in [1.165, 1.54) is 38.8 Å². The summed E-state index contributed by atoms with van der Waals surface area (Å²) in [4.78, 5) is 2.44. The summed E-state index contributed by atoms with van der Waals surface area (Å²) in [7, 11) is 0. The van der Waals surface area contributed by atoms with Crippen LogP contribution in [0.2, 0.25) is 0 Å². The van der Waals surface area contributed by atoms with Gasteiger partial charge in [-0.3, -0.25) is 4.90 Å². The Hall–Kier alpha value is -0.0800. The molecule has 0 spiro atoms. The molecule has 3 atom stereocenters. The Kier molecular flexibility index (Phi) is 4.90. The van der Waals surface area contributed by atoms with Crippen LogP contribution < -0.4 is 0 Å². The molecule has 14 heavy (non-hydrogen) atoms. The van der Waals surface area contributed by atoms with E-state index in [0.717, 1.165) is 5.92 Å². The second-order valence-corrected chi connectivity index (χ2v) is 4.72. The van der Waals surface area contributed by atoms with Gasteiger partial charge in [-0.1, -0.05) is 13.3 Å². The van der Waals surface area contributed by atoms with Gasteiger partial charge in [0, 0.05) is 6.04 Å². The maximum absolute atomic E-state index is 9.55. The maximum Gasteiger partial charge on any atom is 0.0664 e. The van der Waals surface area contributed by atoms with Crippen molar-refractivity contribution >= 4 is 0 Å². The molecular formula is C12H25NO. The Morgan fingerprint density at radius 2 is 2.00 bits per heavy atom. The van der Waals surface area contributed by atoms with E-state index >= 15 is 0 Å². The third-order valence-electron chi connectivity index (χ3n) is 3.73. The Bertz CT molecular complexity index is 158. The molecule has 3 unspecified atom stereocenters. The lowest BCUT2D eigenvalue weighted by atomic mass is 9.98. The van der Waals surface area contributed by atoms with Crippen molar-refractivity contribution in [3.63, 3.8) is 0 Å². The van der Waals surface area contributed by atoms with E-state index in [9.17, 15) is 5.11 Å². The summed E-state index contributed by atoms with van der Waals surface area (Å²) in [5, 5.41) is 9.55. The van der Waals surface area contributed by atoms with E-state index in [4.69, 9.17) is 0 Å². The van der Waals surface area contributed by atoms with Gasteiger partial charge >= 0.3 is 0 Å². The highest BCUT2D eigenvalue weighted by molar-refractivity contribution is 4.76.